The number of rotatable bonds is 3. The van der Waals surface area contributed by atoms with Crippen LogP contribution in [0.5, 0.6) is 11.6 Å². The molecule has 1 aromatic carbocycles. The van der Waals surface area contributed by atoms with Crippen LogP contribution >= 0.6 is 0 Å². The second kappa shape index (κ2) is 5.81. The van der Waals surface area contributed by atoms with Gasteiger partial charge in [-0.3, -0.25) is 0 Å². The van der Waals surface area contributed by atoms with Gasteiger partial charge in [-0.2, -0.15) is 15.5 Å². The molecule has 2 rings (SSSR count). The van der Waals surface area contributed by atoms with Crippen molar-refractivity contribution in [2.75, 3.05) is 20.0 Å². The molecule has 0 fully saturated rings. The third kappa shape index (κ3) is 2.31. The lowest BCUT2D eigenvalue weighted by Crippen LogP contribution is -2.04. The predicted octanol–water partition coefficient (Wildman–Crippen LogP) is 2.09. The highest BCUT2D eigenvalue weighted by molar-refractivity contribution is 5.85. The van der Waals surface area contributed by atoms with Crippen LogP contribution in [0.25, 0.3) is 11.1 Å². The number of nitrogens with zero attached hydrogens (tertiary/aromatic N) is 3. The number of ether oxygens (including phenoxy) is 2. The van der Waals surface area contributed by atoms with E-state index in [1.807, 2.05) is 12.1 Å². The molecule has 0 amide bonds. The van der Waals surface area contributed by atoms with Crippen molar-refractivity contribution < 1.29 is 9.47 Å². The SMILES string of the molecule is COc1ccccc1-c1c(C#N)c(N)nc(OC)c1C#N. The highest BCUT2D eigenvalue weighted by atomic mass is 16.5. The van der Waals surface area contributed by atoms with E-state index in [0.717, 1.165) is 0 Å². The Kier molecular flexibility index (Phi) is 3.92. The molecule has 0 aliphatic rings. The minimum Gasteiger partial charge on any atom is -0.496 e. The lowest BCUT2D eigenvalue weighted by atomic mass is 9.95. The van der Waals surface area contributed by atoms with Crippen molar-refractivity contribution in [2.45, 2.75) is 0 Å². The average molecular weight is 280 g/mol. The summed E-state index contributed by atoms with van der Waals surface area (Å²) in [7, 11) is 2.90. The summed E-state index contributed by atoms with van der Waals surface area (Å²) in [5.74, 6) is 0.613. The van der Waals surface area contributed by atoms with Crippen LogP contribution in [0, 0.1) is 22.7 Å². The molecule has 1 aromatic heterocycles. The summed E-state index contributed by atoms with van der Waals surface area (Å²) in [6.45, 7) is 0. The zero-order valence-electron chi connectivity index (χ0n) is 11.5. The van der Waals surface area contributed by atoms with Crippen molar-refractivity contribution in [3.63, 3.8) is 0 Å². The van der Waals surface area contributed by atoms with Gasteiger partial charge < -0.3 is 15.2 Å². The number of pyridine rings is 1. The van der Waals surface area contributed by atoms with Crippen molar-refractivity contribution in [3.8, 4) is 34.9 Å². The number of methoxy groups -OCH3 is 2. The molecular weight excluding hydrogens is 268 g/mol. The zero-order chi connectivity index (χ0) is 15.4. The molecule has 0 atom stereocenters. The number of hydrogen-bond acceptors (Lipinski definition) is 6. The molecule has 0 radical (unpaired) electrons. The quantitative estimate of drug-likeness (QED) is 0.922. The number of para-hydroxylation sites is 1. The number of nitrogen functional groups attached to an aromatic ring is 1. The molecule has 21 heavy (non-hydrogen) atoms. The van der Waals surface area contributed by atoms with E-state index >= 15 is 0 Å². The average Bonchev–Trinajstić information content (AvgIpc) is 2.53. The molecule has 0 saturated heterocycles. The van der Waals surface area contributed by atoms with Gasteiger partial charge in [0.1, 0.15) is 34.8 Å². The summed E-state index contributed by atoms with van der Waals surface area (Å²) in [5.41, 5.74) is 7.01. The molecule has 0 unspecified atom stereocenters. The predicted molar refractivity (Wildman–Crippen MR) is 76.6 cm³/mol. The summed E-state index contributed by atoms with van der Waals surface area (Å²) in [5, 5.41) is 18.8. The van der Waals surface area contributed by atoms with Crippen LogP contribution < -0.4 is 15.2 Å². The highest BCUT2D eigenvalue weighted by Crippen LogP contribution is 2.39. The fraction of sp³-hybridized carbons (Fsp3) is 0.133. The number of nitriles is 2. The largest absolute Gasteiger partial charge is 0.496 e. The van der Waals surface area contributed by atoms with Crippen LogP contribution in [0.15, 0.2) is 24.3 Å². The molecule has 2 aromatic rings. The molecule has 0 bridgehead atoms. The number of hydrogen-bond donors (Lipinski definition) is 1. The second-order valence-electron chi connectivity index (χ2n) is 4.06. The van der Waals surface area contributed by atoms with Crippen LogP contribution in [0.2, 0.25) is 0 Å². The Labute approximate surface area is 122 Å². The molecule has 0 saturated carbocycles. The van der Waals surface area contributed by atoms with E-state index in [1.54, 1.807) is 24.3 Å². The molecule has 2 N–H and O–H groups in total. The Bertz CT molecular complexity index is 772. The van der Waals surface area contributed by atoms with Crippen LogP contribution in [-0.4, -0.2) is 19.2 Å². The second-order valence-corrected chi connectivity index (χ2v) is 4.06. The van der Waals surface area contributed by atoms with Gasteiger partial charge in [0, 0.05) is 11.1 Å². The summed E-state index contributed by atoms with van der Waals surface area (Å²) in [4.78, 5) is 3.94. The topological polar surface area (TPSA) is 105 Å². The van der Waals surface area contributed by atoms with Crippen LogP contribution in [-0.2, 0) is 0 Å². The molecule has 0 aliphatic heterocycles. The van der Waals surface area contributed by atoms with E-state index in [1.165, 1.54) is 14.2 Å². The Balaban J connectivity index is 2.93. The fourth-order valence-corrected chi connectivity index (χ4v) is 2.07. The van der Waals surface area contributed by atoms with E-state index in [0.29, 0.717) is 16.9 Å². The first-order valence-electron chi connectivity index (χ1n) is 5.99. The molecule has 6 heteroatoms. The maximum Gasteiger partial charge on any atom is 0.234 e. The Hall–Kier alpha value is -3.25. The van der Waals surface area contributed by atoms with Gasteiger partial charge in [0.25, 0.3) is 0 Å². The number of nitrogens with two attached hydrogens (primary N) is 1. The fourth-order valence-electron chi connectivity index (χ4n) is 2.07. The maximum atomic E-state index is 9.41. The Morgan fingerprint density at radius 2 is 1.71 bits per heavy atom. The van der Waals surface area contributed by atoms with Crippen LogP contribution in [0.1, 0.15) is 11.1 Å². The molecule has 1 heterocycles. The van der Waals surface area contributed by atoms with Crippen molar-refractivity contribution in [3.05, 3.63) is 35.4 Å². The Morgan fingerprint density at radius 1 is 1.05 bits per heavy atom. The molecule has 0 aliphatic carbocycles. The van der Waals surface area contributed by atoms with Crippen LogP contribution in [0.3, 0.4) is 0 Å². The van der Waals surface area contributed by atoms with Gasteiger partial charge in [-0.05, 0) is 6.07 Å². The zero-order valence-corrected chi connectivity index (χ0v) is 11.5. The maximum absolute atomic E-state index is 9.41. The molecular formula is C15H12N4O2. The van der Waals surface area contributed by atoms with E-state index < -0.39 is 0 Å². The third-order valence-corrected chi connectivity index (χ3v) is 2.99. The lowest BCUT2D eigenvalue weighted by molar-refractivity contribution is 0.397. The lowest BCUT2D eigenvalue weighted by Gasteiger charge is -2.14. The first kappa shape index (κ1) is 14.2. The number of benzene rings is 1. The van der Waals surface area contributed by atoms with Crippen molar-refractivity contribution >= 4 is 5.82 Å². The Morgan fingerprint density at radius 3 is 2.29 bits per heavy atom. The van der Waals surface area contributed by atoms with Gasteiger partial charge in [0.15, 0.2) is 0 Å². The third-order valence-electron chi connectivity index (χ3n) is 2.99. The smallest absolute Gasteiger partial charge is 0.234 e. The first-order chi connectivity index (χ1) is 10.2. The summed E-state index contributed by atoms with van der Waals surface area (Å²) >= 11 is 0. The van der Waals surface area contributed by atoms with Gasteiger partial charge in [0.2, 0.25) is 5.88 Å². The van der Waals surface area contributed by atoms with E-state index in [9.17, 15) is 10.5 Å². The standard InChI is InChI=1S/C15H12N4O2/c1-20-12-6-4-3-5-9(12)13-10(7-16)14(18)19-15(21-2)11(13)8-17/h3-6H,1-2H3,(H2,18,19). The van der Waals surface area contributed by atoms with Crippen molar-refractivity contribution in [2.24, 2.45) is 0 Å². The number of anilines is 1. The van der Waals surface area contributed by atoms with E-state index in [4.69, 9.17) is 15.2 Å². The van der Waals surface area contributed by atoms with E-state index in [2.05, 4.69) is 4.98 Å². The van der Waals surface area contributed by atoms with Crippen molar-refractivity contribution in [1.29, 1.82) is 10.5 Å². The number of aromatic nitrogens is 1. The first-order valence-corrected chi connectivity index (χ1v) is 5.99. The van der Waals surface area contributed by atoms with Gasteiger partial charge in [0.05, 0.1) is 14.2 Å². The van der Waals surface area contributed by atoms with E-state index in [-0.39, 0.29) is 22.8 Å². The minimum absolute atomic E-state index is 0.00857. The molecule has 0 spiro atoms. The molecule has 6 nitrogen and oxygen atoms in total. The minimum atomic E-state index is 0.00857. The summed E-state index contributed by atoms with van der Waals surface area (Å²) in [6, 6.07) is 11.1. The normalized spacial score (nSPS) is 9.52. The highest BCUT2D eigenvalue weighted by Gasteiger charge is 2.22. The van der Waals surface area contributed by atoms with Crippen LogP contribution in [0.4, 0.5) is 5.82 Å². The summed E-state index contributed by atoms with van der Waals surface area (Å²) in [6.07, 6.45) is 0. The van der Waals surface area contributed by atoms with Gasteiger partial charge >= 0.3 is 0 Å². The molecule has 104 valence electrons. The van der Waals surface area contributed by atoms with Crippen molar-refractivity contribution in [1.82, 2.24) is 4.98 Å². The van der Waals surface area contributed by atoms with Gasteiger partial charge in [-0.1, -0.05) is 18.2 Å². The monoisotopic (exact) mass is 280 g/mol. The van der Waals surface area contributed by atoms with Gasteiger partial charge in [-0.25, -0.2) is 0 Å². The van der Waals surface area contributed by atoms with Gasteiger partial charge in [-0.15, -0.1) is 0 Å². The summed E-state index contributed by atoms with van der Waals surface area (Å²) < 4.78 is 10.4.